The molecule has 0 radical (unpaired) electrons. The van der Waals surface area contributed by atoms with Gasteiger partial charge in [-0.15, -0.1) is 0 Å². The van der Waals surface area contributed by atoms with Gasteiger partial charge in [0.05, 0.1) is 13.2 Å². The van der Waals surface area contributed by atoms with Crippen LogP contribution in [0.15, 0.2) is 28.8 Å². The topological polar surface area (TPSA) is 93.0 Å². The van der Waals surface area contributed by atoms with Gasteiger partial charge in [-0.25, -0.2) is 0 Å². The molecular weight excluding hydrogens is 434 g/mol. The van der Waals surface area contributed by atoms with Gasteiger partial charge >= 0.3 is 6.01 Å². The lowest BCUT2D eigenvalue weighted by Crippen LogP contribution is -2.42. The first-order valence-corrected chi connectivity index (χ1v) is 12.5. The molecule has 9 heteroatoms. The normalized spacial score (nSPS) is 24.0. The van der Waals surface area contributed by atoms with E-state index >= 15 is 0 Å². The van der Waals surface area contributed by atoms with E-state index in [-0.39, 0.29) is 11.8 Å². The van der Waals surface area contributed by atoms with Crippen molar-refractivity contribution >= 4 is 11.9 Å². The fraction of sp³-hybridized carbons (Fsp3) is 0.640. The molecule has 3 aliphatic rings. The highest BCUT2D eigenvalue weighted by Crippen LogP contribution is 2.26. The summed E-state index contributed by atoms with van der Waals surface area (Å²) in [5, 5.41) is 7.34. The van der Waals surface area contributed by atoms with E-state index in [1.807, 2.05) is 24.3 Å². The molecule has 3 aliphatic heterocycles. The summed E-state index contributed by atoms with van der Waals surface area (Å²) in [6.45, 7) is 6.37. The maximum atomic E-state index is 12.8. The van der Waals surface area contributed by atoms with Crippen molar-refractivity contribution in [2.45, 2.75) is 38.2 Å². The molecule has 0 bridgehead atoms. The quantitative estimate of drug-likeness (QED) is 0.631. The van der Waals surface area contributed by atoms with Crippen LogP contribution in [-0.2, 0) is 9.53 Å². The Bertz CT molecular complexity index is 935. The van der Waals surface area contributed by atoms with E-state index < -0.39 is 0 Å². The number of anilines is 1. The molecule has 1 aromatic carbocycles. The first-order valence-electron chi connectivity index (χ1n) is 12.5. The van der Waals surface area contributed by atoms with E-state index in [0.29, 0.717) is 23.9 Å². The molecule has 0 spiro atoms. The van der Waals surface area contributed by atoms with Crippen LogP contribution in [0.2, 0.25) is 0 Å². The second-order valence-electron chi connectivity index (χ2n) is 9.68. The standard InChI is InChI=1S/C25H35N5O4/c1-32-21-6-4-19(5-7-21)23-27-25(34-28-23)30-12-9-20(10-13-30)24(31)26-15-18-8-11-29(16-18)17-22-3-2-14-33-22/h4-7,18,20,22H,2-3,8-17H2,1H3,(H,26,31). The molecule has 5 rings (SSSR count). The SMILES string of the molecule is COc1ccc(-c2noc(N3CCC(C(=O)NCC4CCN(CC5CCCO5)C4)CC3)n2)cc1. The number of ether oxygens (including phenoxy) is 2. The first-order chi connectivity index (χ1) is 16.7. The van der Waals surface area contributed by atoms with Gasteiger partial charge in [0.1, 0.15) is 5.75 Å². The third-order valence-corrected chi connectivity index (χ3v) is 7.32. The number of nitrogens with one attached hydrogen (secondary N) is 1. The Balaban J connectivity index is 1.04. The number of aromatic nitrogens is 2. The highest BCUT2D eigenvalue weighted by molar-refractivity contribution is 5.79. The molecule has 3 saturated heterocycles. The smallest absolute Gasteiger partial charge is 0.324 e. The van der Waals surface area contributed by atoms with E-state index in [1.54, 1.807) is 7.11 Å². The van der Waals surface area contributed by atoms with Crippen molar-refractivity contribution in [1.82, 2.24) is 20.4 Å². The summed E-state index contributed by atoms with van der Waals surface area (Å²) in [4.78, 5) is 21.9. The van der Waals surface area contributed by atoms with Crippen LogP contribution in [-0.4, -0.2) is 80.0 Å². The van der Waals surface area contributed by atoms with E-state index in [1.165, 1.54) is 12.8 Å². The Morgan fingerprint density at radius 3 is 2.71 bits per heavy atom. The molecule has 4 heterocycles. The number of likely N-dealkylation sites (tertiary alicyclic amines) is 1. The molecule has 184 valence electrons. The minimum atomic E-state index is 0.0459. The van der Waals surface area contributed by atoms with Crippen LogP contribution in [0, 0.1) is 11.8 Å². The predicted molar refractivity (Wildman–Crippen MR) is 128 cm³/mol. The molecule has 2 unspecified atom stereocenters. The summed E-state index contributed by atoms with van der Waals surface area (Å²) in [7, 11) is 1.64. The van der Waals surface area contributed by atoms with Crippen molar-refractivity contribution in [3.8, 4) is 17.1 Å². The number of methoxy groups -OCH3 is 1. The molecule has 2 aromatic rings. The number of nitrogens with zero attached hydrogens (tertiary/aromatic N) is 4. The average molecular weight is 470 g/mol. The van der Waals surface area contributed by atoms with Gasteiger partial charge in [0, 0.05) is 50.8 Å². The summed E-state index contributed by atoms with van der Waals surface area (Å²) >= 11 is 0. The molecule has 2 atom stereocenters. The Morgan fingerprint density at radius 1 is 1.15 bits per heavy atom. The molecule has 1 aromatic heterocycles. The maximum absolute atomic E-state index is 12.8. The zero-order chi connectivity index (χ0) is 23.3. The highest BCUT2D eigenvalue weighted by atomic mass is 16.5. The Labute approximate surface area is 200 Å². The number of carbonyl (C=O) groups excluding carboxylic acids is 1. The van der Waals surface area contributed by atoms with Crippen molar-refractivity contribution in [3.05, 3.63) is 24.3 Å². The number of rotatable bonds is 8. The second kappa shape index (κ2) is 10.7. The zero-order valence-electron chi connectivity index (χ0n) is 19.9. The van der Waals surface area contributed by atoms with E-state index in [0.717, 1.165) is 76.5 Å². The van der Waals surface area contributed by atoms with Crippen LogP contribution in [0.3, 0.4) is 0 Å². The summed E-state index contributed by atoms with van der Waals surface area (Å²) in [6, 6.07) is 8.10. The van der Waals surface area contributed by atoms with Crippen molar-refractivity contribution in [1.29, 1.82) is 0 Å². The number of hydrogen-bond acceptors (Lipinski definition) is 8. The van der Waals surface area contributed by atoms with E-state index in [2.05, 4.69) is 25.3 Å². The van der Waals surface area contributed by atoms with Gasteiger partial charge in [0.2, 0.25) is 11.7 Å². The van der Waals surface area contributed by atoms with Crippen molar-refractivity contribution < 1.29 is 18.8 Å². The first kappa shape index (κ1) is 23.1. The number of benzene rings is 1. The fourth-order valence-corrected chi connectivity index (χ4v) is 5.25. The average Bonchev–Trinajstić information content (AvgIpc) is 3.66. The monoisotopic (exact) mass is 469 g/mol. The lowest BCUT2D eigenvalue weighted by atomic mass is 9.96. The second-order valence-corrected chi connectivity index (χ2v) is 9.68. The van der Waals surface area contributed by atoms with Crippen LogP contribution in [0.25, 0.3) is 11.4 Å². The van der Waals surface area contributed by atoms with Crippen LogP contribution >= 0.6 is 0 Å². The van der Waals surface area contributed by atoms with Gasteiger partial charge < -0.3 is 29.1 Å². The third-order valence-electron chi connectivity index (χ3n) is 7.32. The molecule has 3 fully saturated rings. The zero-order valence-corrected chi connectivity index (χ0v) is 19.9. The lowest BCUT2D eigenvalue weighted by Gasteiger charge is -2.30. The Hall–Kier alpha value is -2.65. The Kier molecular flexibility index (Phi) is 7.30. The number of piperidine rings is 1. The van der Waals surface area contributed by atoms with Gasteiger partial charge in [-0.1, -0.05) is 5.16 Å². The van der Waals surface area contributed by atoms with Crippen LogP contribution in [0.5, 0.6) is 5.75 Å². The van der Waals surface area contributed by atoms with Crippen molar-refractivity contribution in [3.63, 3.8) is 0 Å². The van der Waals surface area contributed by atoms with Gasteiger partial charge in [-0.2, -0.15) is 4.98 Å². The molecule has 0 saturated carbocycles. The molecule has 1 amide bonds. The summed E-state index contributed by atoms with van der Waals surface area (Å²) < 4.78 is 16.5. The van der Waals surface area contributed by atoms with Gasteiger partial charge in [0.25, 0.3) is 0 Å². The van der Waals surface area contributed by atoms with Gasteiger partial charge in [-0.05, 0) is 68.8 Å². The molecular formula is C25H35N5O4. The lowest BCUT2D eigenvalue weighted by molar-refractivity contribution is -0.125. The van der Waals surface area contributed by atoms with Gasteiger partial charge in [0.15, 0.2) is 0 Å². The summed E-state index contributed by atoms with van der Waals surface area (Å²) in [5.41, 5.74) is 0.881. The van der Waals surface area contributed by atoms with Crippen LogP contribution in [0.4, 0.5) is 6.01 Å². The fourth-order valence-electron chi connectivity index (χ4n) is 5.25. The largest absolute Gasteiger partial charge is 0.497 e. The highest BCUT2D eigenvalue weighted by Gasteiger charge is 2.30. The minimum Gasteiger partial charge on any atom is -0.497 e. The third kappa shape index (κ3) is 5.52. The minimum absolute atomic E-state index is 0.0459. The van der Waals surface area contributed by atoms with Crippen molar-refractivity contribution in [2.24, 2.45) is 11.8 Å². The van der Waals surface area contributed by atoms with Crippen LogP contribution in [0.1, 0.15) is 32.1 Å². The predicted octanol–water partition coefficient (Wildman–Crippen LogP) is 2.58. The molecule has 34 heavy (non-hydrogen) atoms. The molecule has 0 aliphatic carbocycles. The van der Waals surface area contributed by atoms with E-state index in [9.17, 15) is 4.79 Å². The number of hydrogen-bond donors (Lipinski definition) is 1. The maximum Gasteiger partial charge on any atom is 0.324 e. The number of amides is 1. The summed E-state index contributed by atoms with van der Waals surface area (Å²) in [6.07, 6.45) is 5.52. The molecule has 1 N–H and O–H groups in total. The summed E-state index contributed by atoms with van der Waals surface area (Å²) in [5.74, 6) is 2.12. The van der Waals surface area contributed by atoms with Crippen molar-refractivity contribution in [2.75, 3.05) is 57.9 Å². The Morgan fingerprint density at radius 2 is 1.97 bits per heavy atom. The van der Waals surface area contributed by atoms with Gasteiger partial charge in [-0.3, -0.25) is 4.79 Å². The van der Waals surface area contributed by atoms with E-state index in [4.69, 9.17) is 14.0 Å². The van der Waals surface area contributed by atoms with Crippen LogP contribution < -0.4 is 15.0 Å². The molecule has 9 nitrogen and oxygen atoms in total. The number of carbonyl (C=O) groups is 1.